The molecule has 15 heavy (non-hydrogen) atoms. The Hall–Kier alpha value is 0.500. The van der Waals surface area contributed by atoms with Gasteiger partial charge in [-0.1, -0.05) is 69.6 Å². The quantitative estimate of drug-likeness (QED) is 0.641. The zero-order chi connectivity index (χ0) is 12.0. The maximum absolute atomic E-state index is 8.85. The number of phenols is 1. The lowest BCUT2D eigenvalue weighted by Gasteiger charge is -1.93. The fourth-order valence-corrected chi connectivity index (χ4v) is 0.890. The first kappa shape index (κ1) is 15.5. The van der Waals surface area contributed by atoms with Crippen molar-refractivity contribution in [3.63, 3.8) is 0 Å². The number of rotatable bonds is 0. The van der Waals surface area contributed by atoms with Gasteiger partial charge in [-0.2, -0.15) is 0 Å². The lowest BCUT2D eigenvalue weighted by molar-refractivity contribution is 0.475. The summed E-state index contributed by atoms with van der Waals surface area (Å²) in [6.07, 6.45) is 0. The fraction of sp³-hybridized carbons (Fsp3) is 0. The summed E-state index contributed by atoms with van der Waals surface area (Å²) in [6, 6.07) is 4.51. The molecule has 0 aliphatic carbocycles. The Morgan fingerprint density at radius 3 is 1.67 bits per heavy atom. The van der Waals surface area contributed by atoms with Crippen molar-refractivity contribution in [3.8, 4) is 5.75 Å². The van der Waals surface area contributed by atoms with E-state index in [0.29, 0.717) is 5.02 Å². The average Bonchev–Trinajstić information content (AvgIpc) is 2.13. The highest BCUT2D eigenvalue weighted by Gasteiger charge is 1.95. The highest BCUT2D eigenvalue weighted by atomic mass is 35.5. The van der Waals surface area contributed by atoms with E-state index in [1.165, 1.54) is 12.1 Å². The molecular formula is C8H4Cl6O. The van der Waals surface area contributed by atoms with Gasteiger partial charge in [-0.05, 0) is 18.2 Å². The summed E-state index contributed by atoms with van der Waals surface area (Å²) >= 11 is 31.0. The van der Waals surface area contributed by atoms with Gasteiger partial charge in [0.05, 0.1) is 5.02 Å². The summed E-state index contributed by atoms with van der Waals surface area (Å²) in [5.74, 6) is 0.0565. The minimum Gasteiger partial charge on any atom is -0.506 e. The first-order valence-electron chi connectivity index (χ1n) is 3.35. The minimum absolute atomic E-state index is 0.0565. The van der Waals surface area contributed by atoms with Crippen molar-refractivity contribution in [3.05, 3.63) is 37.2 Å². The second kappa shape index (κ2) is 7.72. The molecule has 0 amide bonds. The van der Waals surface area contributed by atoms with E-state index in [1.54, 1.807) is 6.07 Å². The Morgan fingerprint density at radius 2 is 1.40 bits per heavy atom. The van der Waals surface area contributed by atoms with E-state index in [4.69, 9.17) is 74.7 Å². The lowest BCUT2D eigenvalue weighted by atomic mass is 10.3. The first-order chi connectivity index (χ1) is 6.84. The number of phenolic OH excluding ortho intramolecular Hbond substituents is 1. The molecule has 0 radical (unpaired) electrons. The van der Waals surface area contributed by atoms with E-state index in [9.17, 15) is 0 Å². The monoisotopic (exact) mass is 326 g/mol. The van der Waals surface area contributed by atoms with Gasteiger partial charge in [-0.15, -0.1) is 0 Å². The van der Waals surface area contributed by atoms with Crippen LogP contribution in [0.25, 0.3) is 0 Å². The van der Waals surface area contributed by atoms with Crippen LogP contribution in [0.2, 0.25) is 10.0 Å². The average molecular weight is 329 g/mol. The third kappa shape index (κ3) is 7.40. The van der Waals surface area contributed by atoms with Crippen molar-refractivity contribution in [2.24, 2.45) is 0 Å². The fourth-order valence-electron chi connectivity index (χ4n) is 0.481. The third-order valence-electron chi connectivity index (χ3n) is 1.05. The van der Waals surface area contributed by atoms with Gasteiger partial charge in [0.15, 0.2) is 0 Å². The predicted molar refractivity (Wildman–Crippen MR) is 68.6 cm³/mol. The SMILES string of the molecule is ClC(Cl)=C(Cl)Cl.Oc1ccc(Cl)cc1Cl. The minimum atomic E-state index is -0.0988. The summed E-state index contributed by atoms with van der Waals surface area (Å²) in [4.78, 5) is 0. The normalized spacial score (nSPS) is 8.93. The van der Waals surface area contributed by atoms with Crippen LogP contribution in [0.3, 0.4) is 0 Å². The number of halogens is 6. The molecule has 1 aromatic carbocycles. The molecule has 1 aromatic rings. The van der Waals surface area contributed by atoms with Crippen LogP contribution in [-0.2, 0) is 0 Å². The van der Waals surface area contributed by atoms with E-state index in [0.717, 1.165) is 0 Å². The Kier molecular flexibility index (Phi) is 7.98. The molecule has 1 N–H and O–H groups in total. The van der Waals surface area contributed by atoms with Crippen LogP contribution in [0.4, 0.5) is 0 Å². The van der Waals surface area contributed by atoms with E-state index >= 15 is 0 Å². The van der Waals surface area contributed by atoms with Crippen molar-refractivity contribution in [1.82, 2.24) is 0 Å². The Balaban J connectivity index is 0.000000288. The molecule has 84 valence electrons. The van der Waals surface area contributed by atoms with Gasteiger partial charge in [-0.25, -0.2) is 0 Å². The molecular weight excluding hydrogens is 325 g/mol. The maximum atomic E-state index is 8.85. The Morgan fingerprint density at radius 1 is 0.933 bits per heavy atom. The molecule has 1 rings (SSSR count). The van der Waals surface area contributed by atoms with Gasteiger partial charge in [0, 0.05) is 5.02 Å². The Labute approximate surface area is 117 Å². The Bertz CT molecular complexity index is 344. The van der Waals surface area contributed by atoms with Gasteiger partial charge < -0.3 is 5.11 Å². The number of benzene rings is 1. The standard InChI is InChI=1S/C6H4Cl2O.C2Cl4/c7-4-1-2-6(9)5(8)3-4;3-1(4)2(5)6/h1-3,9H;. The molecule has 0 atom stereocenters. The van der Waals surface area contributed by atoms with Crippen molar-refractivity contribution in [2.75, 3.05) is 0 Å². The molecule has 7 heteroatoms. The van der Waals surface area contributed by atoms with Gasteiger partial charge in [0.2, 0.25) is 0 Å². The molecule has 0 aliphatic rings. The second-order valence-corrected chi connectivity index (χ2v) is 4.86. The summed E-state index contributed by atoms with van der Waals surface area (Å²) in [5, 5.41) is 9.66. The van der Waals surface area contributed by atoms with E-state index in [1.807, 2.05) is 0 Å². The largest absolute Gasteiger partial charge is 0.506 e. The van der Waals surface area contributed by atoms with Crippen LogP contribution in [0.5, 0.6) is 5.75 Å². The van der Waals surface area contributed by atoms with E-state index in [2.05, 4.69) is 0 Å². The highest BCUT2D eigenvalue weighted by Crippen LogP contribution is 2.25. The molecule has 0 bridgehead atoms. The predicted octanol–water partition coefficient (Wildman–Crippen LogP) is 5.77. The van der Waals surface area contributed by atoms with Crippen LogP contribution in [0.1, 0.15) is 0 Å². The lowest BCUT2D eigenvalue weighted by Crippen LogP contribution is -1.66. The van der Waals surface area contributed by atoms with Gasteiger partial charge >= 0.3 is 0 Å². The van der Waals surface area contributed by atoms with Crippen LogP contribution >= 0.6 is 69.6 Å². The molecule has 0 spiro atoms. The molecule has 0 aliphatic heterocycles. The number of hydrogen-bond donors (Lipinski definition) is 1. The zero-order valence-electron chi connectivity index (χ0n) is 6.95. The summed E-state index contributed by atoms with van der Waals surface area (Å²) in [6.45, 7) is 0. The summed E-state index contributed by atoms with van der Waals surface area (Å²) in [7, 11) is 0. The molecule has 0 saturated heterocycles. The molecule has 0 saturated carbocycles. The van der Waals surface area contributed by atoms with Crippen LogP contribution in [0.15, 0.2) is 27.2 Å². The summed E-state index contributed by atoms with van der Waals surface area (Å²) in [5.41, 5.74) is 0. The van der Waals surface area contributed by atoms with Crippen LogP contribution in [0, 0.1) is 0 Å². The van der Waals surface area contributed by atoms with Crippen LogP contribution in [-0.4, -0.2) is 5.11 Å². The van der Waals surface area contributed by atoms with E-state index in [-0.39, 0.29) is 19.8 Å². The number of aromatic hydroxyl groups is 1. The summed E-state index contributed by atoms with van der Waals surface area (Å²) < 4.78 is -0.198. The third-order valence-corrected chi connectivity index (χ3v) is 2.73. The van der Waals surface area contributed by atoms with Crippen LogP contribution < -0.4 is 0 Å². The molecule has 0 unspecified atom stereocenters. The molecule has 0 aromatic heterocycles. The van der Waals surface area contributed by atoms with Gasteiger partial charge in [0.25, 0.3) is 0 Å². The molecule has 0 fully saturated rings. The van der Waals surface area contributed by atoms with Gasteiger partial charge in [-0.3, -0.25) is 0 Å². The smallest absolute Gasteiger partial charge is 0.136 e. The first-order valence-corrected chi connectivity index (χ1v) is 5.61. The van der Waals surface area contributed by atoms with Crippen molar-refractivity contribution in [1.29, 1.82) is 0 Å². The molecule has 0 heterocycles. The van der Waals surface area contributed by atoms with Crippen molar-refractivity contribution >= 4 is 69.6 Å². The van der Waals surface area contributed by atoms with Crippen molar-refractivity contribution < 1.29 is 5.11 Å². The second-order valence-electron chi connectivity index (χ2n) is 2.12. The number of hydrogen-bond acceptors (Lipinski definition) is 1. The topological polar surface area (TPSA) is 20.2 Å². The maximum Gasteiger partial charge on any atom is 0.136 e. The van der Waals surface area contributed by atoms with Crippen molar-refractivity contribution in [2.45, 2.75) is 0 Å². The highest BCUT2D eigenvalue weighted by molar-refractivity contribution is 6.67. The zero-order valence-corrected chi connectivity index (χ0v) is 11.5. The molecule has 1 nitrogen and oxygen atoms in total. The van der Waals surface area contributed by atoms with E-state index < -0.39 is 0 Å². The van der Waals surface area contributed by atoms with Gasteiger partial charge in [0.1, 0.15) is 14.7 Å².